The molecule has 2 rings (SSSR count). The highest BCUT2D eigenvalue weighted by Crippen LogP contribution is 2.58. The van der Waals surface area contributed by atoms with Gasteiger partial charge in [-0.15, -0.1) is 0 Å². The molecule has 0 unspecified atom stereocenters. The minimum absolute atomic E-state index is 0.339. The van der Waals surface area contributed by atoms with Crippen LogP contribution in [0.15, 0.2) is 36.4 Å². The van der Waals surface area contributed by atoms with Gasteiger partial charge in [0.1, 0.15) is 0 Å². The van der Waals surface area contributed by atoms with Crippen molar-refractivity contribution in [3.05, 3.63) is 42.0 Å². The molecule has 0 aliphatic rings. The third kappa shape index (κ3) is 4.05. The smallest absolute Gasteiger partial charge is 0.263 e. The Hall–Kier alpha value is -2.21. The van der Waals surface area contributed by atoms with E-state index in [1.54, 1.807) is 24.3 Å². The third-order valence-corrected chi connectivity index (χ3v) is 6.81. The number of hydrogen-bond acceptors (Lipinski definition) is 7. The highest BCUT2D eigenvalue weighted by atomic mass is 31.2. The van der Waals surface area contributed by atoms with Crippen LogP contribution in [-0.2, 0) is 9.09 Å². The number of aliphatic hydroxyl groups excluding tert-OH is 1. The molecule has 2 aromatic rings. The summed E-state index contributed by atoms with van der Waals surface area (Å²) in [4.78, 5) is 1.93. The predicted molar refractivity (Wildman–Crippen MR) is 106 cm³/mol. The summed E-state index contributed by atoms with van der Waals surface area (Å²) in [7, 11) is 5.97. The largest absolute Gasteiger partial charge is 0.493 e. The summed E-state index contributed by atoms with van der Waals surface area (Å²) in [5.74, 6) is -0.298. The Morgan fingerprint density at radius 2 is 1.44 bits per heavy atom. The molecule has 2 aromatic carbocycles. The molecule has 2 atom stereocenters. The molecule has 1 N–H and O–H groups in total. The van der Waals surface area contributed by atoms with Gasteiger partial charge in [0.05, 0.1) is 21.3 Å². The molecule has 148 valence electrons. The minimum atomic E-state index is -3.61. The van der Waals surface area contributed by atoms with Gasteiger partial charge >= 0.3 is 0 Å². The molecule has 0 radical (unpaired) electrons. The molecule has 8 heteroatoms. The molecule has 7 nitrogen and oxygen atoms in total. The van der Waals surface area contributed by atoms with Gasteiger partial charge in [0.25, 0.3) is 7.37 Å². The first-order valence-electron chi connectivity index (χ1n) is 8.23. The summed E-state index contributed by atoms with van der Waals surface area (Å²) >= 11 is 0. The van der Waals surface area contributed by atoms with E-state index in [0.29, 0.717) is 28.1 Å². The standard InChI is InChI=1S/C19H26NO6P/c1-20(2)14-7-9-15(10-8-14)27(22,26-6)19(21)13-11-16(23-3)18(25-5)17(12-13)24-4/h7-12,19,21H,1-6H3/t19-,27-/m1/s1. The van der Waals surface area contributed by atoms with E-state index in [4.69, 9.17) is 18.7 Å². The average molecular weight is 395 g/mol. The Morgan fingerprint density at radius 1 is 0.926 bits per heavy atom. The van der Waals surface area contributed by atoms with Crippen molar-refractivity contribution in [3.8, 4) is 17.2 Å². The lowest BCUT2D eigenvalue weighted by molar-refractivity contribution is 0.227. The maximum absolute atomic E-state index is 13.5. The Balaban J connectivity index is 2.52. The van der Waals surface area contributed by atoms with Gasteiger partial charge in [-0.25, -0.2) is 0 Å². The van der Waals surface area contributed by atoms with Gasteiger partial charge in [-0.2, -0.15) is 0 Å². The number of rotatable bonds is 8. The van der Waals surface area contributed by atoms with E-state index in [1.165, 1.54) is 28.4 Å². The summed E-state index contributed by atoms with van der Waals surface area (Å²) in [5, 5.41) is 11.3. The van der Waals surface area contributed by atoms with Gasteiger partial charge < -0.3 is 28.7 Å². The number of nitrogens with zero attached hydrogens (tertiary/aromatic N) is 1. The zero-order valence-corrected chi connectivity index (χ0v) is 17.3. The molecule has 0 spiro atoms. The highest BCUT2D eigenvalue weighted by molar-refractivity contribution is 7.67. The lowest BCUT2D eigenvalue weighted by atomic mass is 10.2. The summed E-state index contributed by atoms with van der Waals surface area (Å²) in [6.45, 7) is 0. The molecule has 0 fully saturated rings. The summed E-state index contributed by atoms with van der Waals surface area (Å²) in [6.07, 6.45) is 0. The fourth-order valence-corrected chi connectivity index (χ4v) is 4.55. The fraction of sp³-hybridized carbons (Fsp3) is 0.368. The zero-order chi connectivity index (χ0) is 20.2. The average Bonchev–Trinajstić information content (AvgIpc) is 2.71. The highest BCUT2D eigenvalue weighted by Gasteiger charge is 2.36. The van der Waals surface area contributed by atoms with E-state index in [1.807, 2.05) is 31.1 Å². The van der Waals surface area contributed by atoms with Crippen molar-refractivity contribution in [2.45, 2.75) is 5.85 Å². The molecule has 27 heavy (non-hydrogen) atoms. The number of hydrogen-bond donors (Lipinski definition) is 1. The van der Waals surface area contributed by atoms with Crippen molar-refractivity contribution in [2.24, 2.45) is 0 Å². The zero-order valence-electron chi connectivity index (χ0n) is 16.4. The third-order valence-electron chi connectivity index (χ3n) is 4.30. The first kappa shape index (κ1) is 21.1. The van der Waals surface area contributed by atoms with E-state index >= 15 is 0 Å². The number of aliphatic hydroxyl groups is 1. The van der Waals surface area contributed by atoms with Crippen molar-refractivity contribution in [1.82, 2.24) is 0 Å². The van der Waals surface area contributed by atoms with Crippen LogP contribution in [0.2, 0.25) is 0 Å². The monoisotopic (exact) mass is 395 g/mol. The lowest BCUT2D eigenvalue weighted by Gasteiger charge is -2.24. The van der Waals surface area contributed by atoms with Crippen LogP contribution in [0, 0.1) is 0 Å². The summed E-state index contributed by atoms with van der Waals surface area (Å²) in [6, 6.07) is 10.2. The lowest BCUT2D eigenvalue weighted by Crippen LogP contribution is -2.15. The predicted octanol–water partition coefficient (Wildman–Crippen LogP) is 3.02. The molecule has 0 aliphatic carbocycles. The van der Waals surface area contributed by atoms with Crippen LogP contribution in [0.1, 0.15) is 11.4 Å². The Kier molecular flexibility index (Phi) is 6.76. The van der Waals surface area contributed by atoms with E-state index < -0.39 is 13.2 Å². The molecule has 0 aromatic heterocycles. The first-order chi connectivity index (χ1) is 12.8. The molecular weight excluding hydrogens is 369 g/mol. The van der Waals surface area contributed by atoms with Gasteiger partial charge in [0.2, 0.25) is 5.75 Å². The van der Waals surface area contributed by atoms with Gasteiger partial charge in [-0.3, -0.25) is 4.57 Å². The second-order valence-electron chi connectivity index (χ2n) is 6.02. The van der Waals surface area contributed by atoms with Crippen molar-refractivity contribution >= 4 is 18.4 Å². The van der Waals surface area contributed by atoms with Crippen LogP contribution >= 0.6 is 7.37 Å². The van der Waals surface area contributed by atoms with Crippen LogP contribution in [0.3, 0.4) is 0 Å². The Morgan fingerprint density at radius 3 is 1.81 bits per heavy atom. The van der Waals surface area contributed by atoms with Gasteiger partial charge in [-0.1, -0.05) is 0 Å². The molecule has 0 saturated heterocycles. The second kappa shape index (κ2) is 8.65. The normalized spacial score (nSPS) is 14.2. The summed E-state index contributed by atoms with van der Waals surface area (Å²) < 4.78 is 34.8. The number of ether oxygens (including phenoxy) is 3. The van der Waals surface area contributed by atoms with E-state index in [-0.39, 0.29) is 0 Å². The Bertz CT molecular complexity index is 796. The molecule has 0 heterocycles. The topological polar surface area (TPSA) is 77.5 Å². The van der Waals surface area contributed by atoms with Crippen molar-refractivity contribution in [2.75, 3.05) is 47.4 Å². The maximum atomic E-state index is 13.5. The number of methoxy groups -OCH3 is 3. The van der Waals surface area contributed by atoms with Crippen LogP contribution < -0.4 is 24.4 Å². The number of anilines is 1. The minimum Gasteiger partial charge on any atom is -0.493 e. The SMILES string of the molecule is COc1cc([C@H](O)[P@](=O)(OC)c2ccc(N(C)C)cc2)cc(OC)c1OC. The molecule has 0 amide bonds. The van der Waals surface area contributed by atoms with Crippen molar-refractivity contribution in [1.29, 1.82) is 0 Å². The molecule has 0 saturated carbocycles. The second-order valence-corrected chi connectivity index (χ2v) is 8.59. The van der Waals surface area contributed by atoms with E-state index in [9.17, 15) is 9.67 Å². The van der Waals surface area contributed by atoms with Crippen molar-refractivity contribution in [3.63, 3.8) is 0 Å². The van der Waals surface area contributed by atoms with Gasteiger partial charge in [-0.05, 0) is 42.0 Å². The summed E-state index contributed by atoms with van der Waals surface area (Å²) in [5.41, 5.74) is 1.29. The first-order valence-corrected chi connectivity index (χ1v) is 9.93. The van der Waals surface area contributed by atoms with Crippen LogP contribution in [0.5, 0.6) is 17.2 Å². The van der Waals surface area contributed by atoms with Gasteiger partial charge in [0.15, 0.2) is 17.3 Å². The molecule has 0 bridgehead atoms. The molecule has 0 aliphatic heterocycles. The van der Waals surface area contributed by atoms with Gasteiger partial charge in [0, 0.05) is 32.2 Å². The quantitative estimate of drug-likeness (QED) is 0.689. The van der Waals surface area contributed by atoms with Crippen LogP contribution in [-0.4, -0.2) is 47.6 Å². The Labute approximate surface area is 159 Å². The van der Waals surface area contributed by atoms with Crippen LogP contribution in [0.4, 0.5) is 5.69 Å². The number of benzene rings is 2. The molecular formula is C19H26NO6P. The van der Waals surface area contributed by atoms with Crippen molar-refractivity contribution < 1.29 is 28.4 Å². The fourth-order valence-electron chi connectivity index (χ4n) is 2.75. The van der Waals surface area contributed by atoms with E-state index in [2.05, 4.69) is 0 Å². The maximum Gasteiger partial charge on any atom is 0.263 e. The van der Waals surface area contributed by atoms with E-state index in [0.717, 1.165) is 5.69 Å². The van der Waals surface area contributed by atoms with Crippen LogP contribution in [0.25, 0.3) is 0 Å².